The molecule has 0 atom stereocenters. The number of carbonyl (C=O) groups excluding carboxylic acids is 1. The van der Waals surface area contributed by atoms with Gasteiger partial charge < -0.3 is 14.6 Å². The minimum atomic E-state index is -0.392. The average molecular weight is 485 g/mol. The lowest BCUT2D eigenvalue weighted by atomic mass is 9.62. The van der Waals surface area contributed by atoms with Crippen LogP contribution in [0.1, 0.15) is 69.7 Å². The number of aromatic hydroxyl groups is 1. The van der Waals surface area contributed by atoms with Crippen LogP contribution in [0.3, 0.4) is 0 Å². The maximum absolute atomic E-state index is 11.8. The molecule has 0 heterocycles. The third-order valence-corrected chi connectivity index (χ3v) is 7.20. The molecule has 3 aromatic carbocycles. The van der Waals surface area contributed by atoms with Gasteiger partial charge in [-0.05, 0) is 83.2 Å². The first-order chi connectivity index (χ1) is 17.1. The molecule has 3 aromatic rings. The average Bonchev–Trinajstić information content (AvgIpc) is 2.85. The number of rotatable bonds is 7. The molecule has 0 aliphatic heterocycles. The van der Waals surface area contributed by atoms with Crippen molar-refractivity contribution in [2.24, 2.45) is 0 Å². The minimum absolute atomic E-state index is 0.00854. The predicted molar refractivity (Wildman–Crippen MR) is 145 cm³/mol. The third kappa shape index (κ3) is 5.48. The molecule has 1 aliphatic carbocycles. The largest absolute Gasteiger partial charge is 0.507 e. The Hall–Kier alpha value is -3.53. The molecule has 188 valence electrons. The summed E-state index contributed by atoms with van der Waals surface area (Å²) in [5.41, 5.74) is 6.01. The highest BCUT2D eigenvalue weighted by Crippen LogP contribution is 2.50. The highest BCUT2D eigenvalue weighted by molar-refractivity contribution is 5.88. The summed E-state index contributed by atoms with van der Waals surface area (Å²) in [7, 11) is 0. The van der Waals surface area contributed by atoms with Crippen molar-refractivity contribution in [3.05, 3.63) is 89.0 Å². The second kappa shape index (κ2) is 10.2. The Balaban J connectivity index is 1.83. The van der Waals surface area contributed by atoms with Gasteiger partial charge in [-0.1, -0.05) is 64.1 Å². The van der Waals surface area contributed by atoms with Crippen LogP contribution in [-0.4, -0.2) is 17.7 Å². The van der Waals surface area contributed by atoms with Crippen LogP contribution in [0.25, 0.3) is 17.2 Å². The number of hydrogen-bond acceptors (Lipinski definition) is 4. The van der Waals surface area contributed by atoms with Gasteiger partial charge in [0.2, 0.25) is 0 Å². The van der Waals surface area contributed by atoms with Crippen LogP contribution in [0.4, 0.5) is 0 Å². The Morgan fingerprint density at radius 1 is 0.917 bits per heavy atom. The first-order valence-corrected chi connectivity index (χ1v) is 12.6. The number of esters is 1. The van der Waals surface area contributed by atoms with Gasteiger partial charge in [0.15, 0.2) is 0 Å². The monoisotopic (exact) mass is 484 g/mol. The van der Waals surface area contributed by atoms with E-state index in [0.717, 1.165) is 35.3 Å². The Labute approximate surface area is 214 Å². The maximum Gasteiger partial charge on any atom is 0.330 e. The van der Waals surface area contributed by atoms with E-state index in [9.17, 15) is 9.90 Å². The second-order valence-electron chi connectivity index (χ2n) is 10.8. The van der Waals surface area contributed by atoms with E-state index in [4.69, 9.17) is 9.47 Å². The van der Waals surface area contributed by atoms with E-state index in [-0.39, 0.29) is 16.6 Å². The van der Waals surface area contributed by atoms with Gasteiger partial charge in [-0.2, -0.15) is 0 Å². The lowest BCUT2D eigenvalue weighted by Gasteiger charge is -2.42. The summed E-state index contributed by atoms with van der Waals surface area (Å²) in [6.45, 7) is 11.7. The third-order valence-electron chi connectivity index (χ3n) is 7.20. The summed E-state index contributed by atoms with van der Waals surface area (Å²) >= 11 is 0. The van der Waals surface area contributed by atoms with Crippen molar-refractivity contribution in [1.29, 1.82) is 0 Å². The van der Waals surface area contributed by atoms with Crippen molar-refractivity contribution >= 4 is 12.0 Å². The Bertz CT molecular complexity index is 1270. The van der Waals surface area contributed by atoms with E-state index in [0.29, 0.717) is 18.8 Å². The topological polar surface area (TPSA) is 55.8 Å². The summed E-state index contributed by atoms with van der Waals surface area (Å²) in [5.74, 6) is 0.516. The molecule has 0 amide bonds. The van der Waals surface area contributed by atoms with Gasteiger partial charge in [0, 0.05) is 17.2 Å². The van der Waals surface area contributed by atoms with E-state index in [2.05, 4.69) is 39.8 Å². The maximum atomic E-state index is 11.8. The molecular weight excluding hydrogens is 448 g/mol. The molecule has 4 heteroatoms. The van der Waals surface area contributed by atoms with Gasteiger partial charge in [-0.15, -0.1) is 0 Å². The number of carbonyl (C=O) groups is 1. The molecular formula is C32H36O4. The molecule has 0 bridgehead atoms. The van der Waals surface area contributed by atoms with E-state index < -0.39 is 5.97 Å². The van der Waals surface area contributed by atoms with Crippen LogP contribution in [0.15, 0.2) is 66.7 Å². The minimum Gasteiger partial charge on any atom is -0.507 e. The molecule has 4 rings (SSSR count). The number of phenolic OH excluding ortho intramolecular Hbond substituents is 1. The van der Waals surface area contributed by atoms with Crippen molar-refractivity contribution in [2.75, 3.05) is 6.61 Å². The standard InChI is InChI=1S/C32H36O4/c1-6-35-30(34)15-13-22-12-14-28(33)24(18-22)25-19-26-27(32(4,5)17-16-31(26,2)3)20-29(25)36-21-23-10-8-7-9-11-23/h7-15,18-20,33H,6,16-17,21H2,1-5H3/b15-13+. The lowest BCUT2D eigenvalue weighted by Crippen LogP contribution is -2.33. The van der Waals surface area contributed by atoms with E-state index in [1.54, 1.807) is 25.1 Å². The number of ether oxygens (including phenoxy) is 2. The van der Waals surface area contributed by atoms with Crippen LogP contribution < -0.4 is 4.74 Å². The molecule has 1 N–H and O–H groups in total. The Kier molecular flexibility index (Phi) is 7.26. The molecule has 0 fully saturated rings. The summed E-state index contributed by atoms with van der Waals surface area (Å²) in [6, 6.07) is 19.8. The van der Waals surface area contributed by atoms with Crippen molar-refractivity contribution < 1.29 is 19.4 Å². The van der Waals surface area contributed by atoms with Gasteiger partial charge in [0.25, 0.3) is 0 Å². The summed E-state index contributed by atoms with van der Waals surface area (Å²) in [4.78, 5) is 11.8. The van der Waals surface area contributed by atoms with Crippen molar-refractivity contribution in [3.8, 4) is 22.6 Å². The highest BCUT2D eigenvalue weighted by atomic mass is 16.5. The normalized spacial score (nSPS) is 15.9. The van der Waals surface area contributed by atoms with Gasteiger partial charge in [-0.3, -0.25) is 0 Å². The first-order valence-electron chi connectivity index (χ1n) is 12.6. The summed E-state index contributed by atoms with van der Waals surface area (Å²) in [6.07, 6.45) is 5.30. The zero-order valence-corrected chi connectivity index (χ0v) is 21.9. The van der Waals surface area contributed by atoms with Crippen LogP contribution in [0, 0.1) is 0 Å². The summed E-state index contributed by atoms with van der Waals surface area (Å²) < 4.78 is 11.4. The van der Waals surface area contributed by atoms with Crippen molar-refractivity contribution in [1.82, 2.24) is 0 Å². The molecule has 0 spiro atoms. The fraction of sp³-hybridized carbons (Fsp3) is 0.344. The zero-order valence-electron chi connectivity index (χ0n) is 21.9. The van der Waals surface area contributed by atoms with Crippen molar-refractivity contribution in [3.63, 3.8) is 0 Å². The smallest absolute Gasteiger partial charge is 0.330 e. The fourth-order valence-electron chi connectivity index (χ4n) is 4.89. The predicted octanol–water partition coefficient (Wildman–Crippen LogP) is 7.56. The molecule has 0 saturated heterocycles. The fourth-order valence-corrected chi connectivity index (χ4v) is 4.89. The lowest BCUT2D eigenvalue weighted by molar-refractivity contribution is -0.137. The molecule has 0 aromatic heterocycles. The van der Waals surface area contributed by atoms with Gasteiger partial charge >= 0.3 is 5.97 Å². The first kappa shape index (κ1) is 25.6. The van der Waals surface area contributed by atoms with E-state index in [1.165, 1.54) is 17.2 Å². The highest BCUT2D eigenvalue weighted by Gasteiger charge is 2.38. The van der Waals surface area contributed by atoms with Gasteiger partial charge in [-0.25, -0.2) is 4.79 Å². The number of phenols is 1. The Morgan fingerprint density at radius 2 is 1.58 bits per heavy atom. The number of hydrogen-bond donors (Lipinski definition) is 1. The van der Waals surface area contributed by atoms with Gasteiger partial charge in [0.1, 0.15) is 18.1 Å². The van der Waals surface area contributed by atoms with Gasteiger partial charge in [0.05, 0.1) is 6.61 Å². The van der Waals surface area contributed by atoms with E-state index in [1.807, 2.05) is 36.4 Å². The molecule has 4 nitrogen and oxygen atoms in total. The number of fused-ring (bicyclic) bond motifs is 1. The molecule has 0 unspecified atom stereocenters. The molecule has 1 aliphatic rings. The number of benzene rings is 3. The SMILES string of the molecule is CCOC(=O)/C=C/c1ccc(O)c(-c2cc3c(cc2OCc2ccccc2)C(C)(C)CCC3(C)C)c1. The second-order valence-corrected chi connectivity index (χ2v) is 10.8. The van der Waals surface area contributed by atoms with Crippen LogP contribution in [0.2, 0.25) is 0 Å². The molecule has 36 heavy (non-hydrogen) atoms. The van der Waals surface area contributed by atoms with Crippen LogP contribution in [-0.2, 0) is 27.0 Å². The quantitative estimate of drug-likeness (QED) is 0.278. The molecule has 0 radical (unpaired) electrons. The summed E-state index contributed by atoms with van der Waals surface area (Å²) in [5, 5.41) is 10.9. The van der Waals surface area contributed by atoms with E-state index >= 15 is 0 Å². The Morgan fingerprint density at radius 3 is 2.25 bits per heavy atom. The zero-order chi connectivity index (χ0) is 25.9. The van der Waals surface area contributed by atoms with Crippen molar-refractivity contribution in [2.45, 2.75) is 64.9 Å². The van der Waals surface area contributed by atoms with Crippen LogP contribution >= 0.6 is 0 Å². The van der Waals surface area contributed by atoms with Crippen LogP contribution in [0.5, 0.6) is 11.5 Å². The molecule has 0 saturated carbocycles.